The van der Waals surface area contributed by atoms with Crippen molar-refractivity contribution in [1.82, 2.24) is 19.2 Å². The molecule has 2 rings (SSSR count). The predicted molar refractivity (Wildman–Crippen MR) is 63.3 cm³/mol. The van der Waals surface area contributed by atoms with Gasteiger partial charge in [-0.15, -0.1) is 0 Å². The summed E-state index contributed by atoms with van der Waals surface area (Å²) < 4.78 is 3.89. The molecule has 0 spiro atoms. The highest BCUT2D eigenvalue weighted by atomic mass is 15.4. The Morgan fingerprint density at radius 2 is 1.94 bits per heavy atom. The van der Waals surface area contributed by atoms with E-state index in [1.54, 1.807) is 0 Å². The topological polar surface area (TPSA) is 61.1 Å². The quantitative estimate of drug-likeness (QED) is 0.785. The van der Waals surface area contributed by atoms with Crippen molar-refractivity contribution in [3.8, 4) is 0 Å². The average molecular weight is 221 g/mol. The first kappa shape index (κ1) is 11.1. The summed E-state index contributed by atoms with van der Waals surface area (Å²) in [5, 5.41) is 4.61. The molecule has 16 heavy (non-hydrogen) atoms. The molecular formula is C11H19N5. The Kier molecular flexibility index (Phi) is 2.31. The second-order valence-electron chi connectivity index (χ2n) is 5.19. The van der Waals surface area contributed by atoms with E-state index in [4.69, 9.17) is 5.73 Å². The van der Waals surface area contributed by atoms with Crippen LogP contribution in [0.2, 0.25) is 0 Å². The molecule has 2 N–H and O–H groups in total. The van der Waals surface area contributed by atoms with Crippen molar-refractivity contribution in [2.24, 2.45) is 12.8 Å². The third-order valence-electron chi connectivity index (χ3n) is 2.81. The summed E-state index contributed by atoms with van der Waals surface area (Å²) in [7, 11) is 2.00. The van der Waals surface area contributed by atoms with Crippen LogP contribution in [0.15, 0.2) is 0 Å². The minimum atomic E-state index is 0.00915. The van der Waals surface area contributed by atoms with Crippen molar-refractivity contribution in [3.63, 3.8) is 0 Å². The first-order chi connectivity index (χ1) is 7.36. The van der Waals surface area contributed by atoms with Gasteiger partial charge in [-0.3, -0.25) is 4.57 Å². The van der Waals surface area contributed by atoms with Crippen LogP contribution in [-0.2, 0) is 19.0 Å². The zero-order valence-electron chi connectivity index (χ0n) is 10.6. The standard InChI is InChI=1S/C11H19N5/c1-7-8(6-12)16-10(13-7)15(5)9(14-16)11(2,3)4/h6,12H2,1-5H3. The van der Waals surface area contributed by atoms with E-state index >= 15 is 0 Å². The Hall–Kier alpha value is -1.36. The number of aromatic nitrogens is 4. The van der Waals surface area contributed by atoms with Crippen molar-refractivity contribution >= 4 is 5.78 Å². The number of hydrogen-bond acceptors (Lipinski definition) is 3. The zero-order chi connectivity index (χ0) is 12.1. The predicted octanol–water partition coefficient (Wildman–Crippen LogP) is 1.13. The van der Waals surface area contributed by atoms with Gasteiger partial charge in [-0.05, 0) is 6.92 Å². The fourth-order valence-electron chi connectivity index (χ4n) is 2.00. The zero-order valence-corrected chi connectivity index (χ0v) is 10.6. The van der Waals surface area contributed by atoms with Gasteiger partial charge >= 0.3 is 0 Å². The molecule has 2 aromatic heterocycles. The molecule has 2 aromatic rings. The van der Waals surface area contributed by atoms with E-state index in [2.05, 4.69) is 30.9 Å². The molecule has 0 fully saturated rings. The highest BCUT2D eigenvalue weighted by molar-refractivity contribution is 5.37. The summed E-state index contributed by atoms with van der Waals surface area (Å²) in [6, 6.07) is 0. The van der Waals surface area contributed by atoms with Gasteiger partial charge in [-0.1, -0.05) is 20.8 Å². The maximum Gasteiger partial charge on any atom is 0.232 e. The summed E-state index contributed by atoms with van der Waals surface area (Å²) in [4.78, 5) is 4.50. The molecule has 0 saturated heterocycles. The van der Waals surface area contributed by atoms with Crippen LogP contribution in [0.1, 0.15) is 38.0 Å². The SMILES string of the molecule is Cc1nc2n(C)c(C(C)(C)C)nn2c1CN. The number of rotatable bonds is 1. The number of fused-ring (bicyclic) bond motifs is 1. The van der Waals surface area contributed by atoms with Gasteiger partial charge in [0.25, 0.3) is 0 Å². The molecule has 0 amide bonds. The summed E-state index contributed by atoms with van der Waals surface area (Å²) >= 11 is 0. The molecule has 0 atom stereocenters. The highest BCUT2D eigenvalue weighted by Gasteiger charge is 2.24. The molecule has 2 heterocycles. The lowest BCUT2D eigenvalue weighted by Crippen LogP contribution is -2.18. The maximum absolute atomic E-state index is 5.72. The Labute approximate surface area is 95.3 Å². The molecule has 0 radical (unpaired) electrons. The van der Waals surface area contributed by atoms with E-state index in [0.717, 1.165) is 23.0 Å². The molecule has 0 unspecified atom stereocenters. The Balaban J connectivity index is 2.75. The number of aryl methyl sites for hydroxylation is 2. The third-order valence-corrected chi connectivity index (χ3v) is 2.81. The highest BCUT2D eigenvalue weighted by Crippen LogP contribution is 2.22. The van der Waals surface area contributed by atoms with Gasteiger partial charge in [0, 0.05) is 19.0 Å². The maximum atomic E-state index is 5.72. The lowest BCUT2D eigenvalue weighted by atomic mass is 9.96. The van der Waals surface area contributed by atoms with E-state index in [9.17, 15) is 0 Å². The van der Waals surface area contributed by atoms with Gasteiger partial charge in [0.05, 0.1) is 11.4 Å². The molecule has 0 aliphatic rings. The molecule has 0 bridgehead atoms. The molecule has 88 valence electrons. The van der Waals surface area contributed by atoms with Gasteiger partial charge in [-0.25, -0.2) is 4.98 Å². The third kappa shape index (κ3) is 1.43. The lowest BCUT2D eigenvalue weighted by Gasteiger charge is -2.16. The molecular weight excluding hydrogens is 202 g/mol. The van der Waals surface area contributed by atoms with Crippen molar-refractivity contribution in [3.05, 3.63) is 17.2 Å². The molecule has 0 aromatic carbocycles. The van der Waals surface area contributed by atoms with E-state index < -0.39 is 0 Å². The van der Waals surface area contributed by atoms with Crippen LogP contribution in [0.5, 0.6) is 0 Å². The van der Waals surface area contributed by atoms with Gasteiger partial charge in [0.15, 0.2) is 0 Å². The summed E-state index contributed by atoms with van der Waals surface area (Å²) in [5.74, 6) is 1.88. The number of hydrogen-bond donors (Lipinski definition) is 1. The number of nitrogens with two attached hydrogens (primary N) is 1. The van der Waals surface area contributed by atoms with Gasteiger partial charge < -0.3 is 5.73 Å². The molecule has 5 nitrogen and oxygen atoms in total. The molecule has 0 saturated carbocycles. The summed E-state index contributed by atoms with van der Waals surface area (Å²) in [6.07, 6.45) is 0. The van der Waals surface area contributed by atoms with Crippen LogP contribution in [0.25, 0.3) is 5.78 Å². The minimum Gasteiger partial charge on any atom is -0.325 e. The Morgan fingerprint density at radius 3 is 2.44 bits per heavy atom. The van der Waals surface area contributed by atoms with E-state index in [-0.39, 0.29) is 5.41 Å². The lowest BCUT2D eigenvalue weighted by molar-refractivity contribution is 0.518. The van der Waals surface area contributed by atoms with Gasteiger partial charge in [0.2, 0.25) is 5.78 Å². The van der Waals surface area contributed by atoms with Crippen LogP contribution >= 0.6 is 0 Å². The second kappa shape index (κ2) is 3.31. The number of nitrogens with zero attached hydrogens (tertiary/aromatic N) is 4. The number of imidazole rings is 1. The van der Waals surface area contributed by atoms with E-state index in [1.807, 2.05) is 23.1 Å². The van der Waals surface area contributed by atoms with Crippen LogP contribution in [-0.4, -0.2) is 19.2 Å². The Morgan fingerprint density at radius 1 is 1.31 bits per heavy atom. The molecule has 5 heteroatoms. The van der Waals surface area contributed by atoms with Gasteiger partial charge in [-0.2, -0.15) is 9.61 Å². The average Bonchev–Trinajstić information content (AvgIpc) is 2.62. The fraction of sp³-hybridized carbons (Fsp3) is 0.636. The Bertz CT molecular complexity index is 527. The summed E-state index contributed by atoms with van der Waals surface area (Å²) in [6.45, 7) is 8.86. The van der Waals surface area contributed by atoms with Crippen molar-refractivity contribution in [2.75, 3.05) is 0 Å². The second-order valence-corrected chi connectivity index (χ2v) is 5.19. The largest absolute Gasteiger partial charge is 0.325 e. The summed E-state index contributed by atoms with van der Waals surface area (Å²) in [5.41, 5.74) is 7.68. The van der Waals surface area contributed by atoms with Crippen LogP contribution in [0.4, 0.5) is 0 Å². The van der Waals surface area contributed by atoms with E-state index in [1.165, 1.54) is 0 Å². The van der Waals surface area contributed by atoms with Gasteiger partial charge in [0.1, 0.15) is 5.82 Å². The van der Waals surface area contributed by atoms with Crippen molar-refractivity contribution in [2.45, 2.75) is 39.7 Å². The van der Waals surface area contributed by atoms with Crippen molar-refractivity contribution < 1.29 is 0 Å². The molecule has 0 aliphatic heterocycles. The monoisotopic (exact) mass is 221 g/mol. The smallest absolute Gasteiger partial charge is 0.232 e. The van der Waals surface area contributed by atoms with Crippen LogP contribution in [0.3, 0.4) is 0 Å². The fourth-order valence-corrected chi connectivity index (χ4v) is 2.00. The van der Waals surface area contributed by atoms with Crippen LogP contribution < -0.4 is 5.73 Å². The van der Waals surface area contributed by atoms with Crippen LogP contribution in [0, 0.1) is 6.92 Å². The first-order valence-corrected chi connectivity index (χ1v) is 5.47. The van der Waals surface area contributed by atoms with E-state index in [0.29, 0.717) is 6.54 Å². The van der Waals surface area contributed by atoms with Crippen molar-refractivity contribution in [1.29, 1.82) is 0 Å². The normalized spacial score (nSPS) is 12.6. The molecule has 0 aliphatic carbocycles. The first-order valence-electron chi connectivity index (χ1n) is 5.47. The minimum absolute atomic E-state index is 0.00915.